The lowest BCUT2D eigenvalue weighted by Gasteiger charge is -2.18. The molecule has 0 aliphatic carbocycles. The number of aromatic nitrogens is 2. The van der Waals surface area contributed by atoms with Gasteiger partial charge in [-0.2, -0.15) is 4.98 Å². The number of rotatable bonds is 6. The van der Waals surface area contributed by atoms with Gasteiger partial charge in [-0.25, -0.2) is 9.78 Å². The molecule has 0 spiro atoms. The monoisotopic (exact) mass is 390 g/mol. The summed E-state index contributed by atoms with van der Waals surface area (Å²) in [7, 11) is 1.42. The van der Waals surface area contributed by atoms with Gasteiger partial charge in [0.2, 0.25) is 11.7 Å². The molecule has 24 heavy (non-hydrogen) atoms. The highest BCUT2D eigenvalue weighted by Gasteiger charge is 2.26. The van der Waals surface area contributed by atoms with Gasteiger partial charge in [0.1, 0.15) is 0 Å². The van der Waals surface area contributed by atoms with Crippen LogP contribution in [0, 0.1) is 0 Å². The number of methoxy groups -OCH3 is 1. The zero-order chi connectivity index (χ0) is 17.0. The number of hydrogen-bond acceptors (Lipinski definition) is 4. The highest BCUT2D eigenvalue weighted by Crippen LogP contribution is 2.39. The third-order valence-corrected chi connectivity index (χ3v) is 4.09. The van der Waals surface area contributed by atoms with Crippen LogP contribution in [-0.4, -0.2) is 28.2 Å². The second-order valence-corrected chi connectivity index (χ2v) is 5.70. The first-order valence-corrected chi connectivity index (χ1v) is 7.87. The van der Waals surface area contributed by atoms with Crippen LogP contribution in [0.3, 0.4) is 0 Å². The number of nitrogens with zero attached hydrogens (tertiary/aromatic N) is 2. The fourth-order valence-corrected chi connectivity index (χ4v) is 2.97. The van der Waals surface area contributed by atoms with Crippen molar-refractivity contribution in [1.82, 2.24) is 9.97 Å². The zero-order valence-corrected chi connectivity index (χ0v) is 15.5. The molecule has 1 aromatic carbocycles. The van der Waals surface area contributed by atoms with Crippen molar-refractivity contribution in [2.45, 2.75) is 25.1 Å². The van der Waals surface area contributed by atoms with Crippen molar-refractivity contribution in [2.24, 2.45) is 0 Å². The lowest BCUT2D eigenvalue weighted by Crippen LogP contribution is -2.13. The van der Waals surface area contributed by atoms with E-state index in [1.807, 2.05) is 19.1 Å². The molecule has 5 nitrogen and oxygen atoms in total. The molecule has 0 aliphatic rings. The summed E-state index contributed by atoms with van der Waals surface area (Å²) in [5.74, 6) is -1.37. The molecule has 0 fully saturated rings. The van der Waals surface area contributed by atoms with Crippen molar-refractivity contribution in [1.29, 1.82) is 0 Å². The van der Waals surface area contributed by atoms with Crippen molar-refractivity contribution in [2.75, 3.05) is 7.11 Å². The minimum absolute atomic E-state index is 0. The van der Waals surface area contributed by atoms with E-state index >= 15 is 0 Å². The quantitative estimate of drug-likeness (QED) is 0.732. The molecule has 0 saturated carbocycles. The van der Waals surface area contributed by atoms with Crippen LogP contribution in [-0.2, 0) is 6.42 Å². The van der Waals surface area contributed by atoms with Crippen molar-refractivity contribution in [3.8, 4) is 5.88 Å². The van der Waals surface area contributed by atoms with Crippen LogP contribution in [0.1, 0.15) is 46.2 Å². The summed E-state index contributed by atoms with van der Waals surface area (Å²) in [5.41, 5.74) is 1.80. The van der Waals surface area contributed by atoms with Gasteiger partial charge in [-0.15, -0.1) is 24.0 Å². The molecule has 1 aromatic heterocycles. The Kier molecular flexibility index (Phi) is 7.73. The molecule has 0 radical (unpaired) electrons. The summed E-state index contributed by atoms with van der Waals surface area (Å²) in [6.07, 6.45) is 1.33. The molecule has 8 heteroatoms. The number of hydrogen-bond donors (Lipinski definition) is 1. The molecule has 2 aromatic rings. The van der Waals surface area contributed by atoms with E-state index < -0.39 is 11.3 Å². The normalized spacial score (nSPS) is 11.5. The van der Waals surface area contributed by atoms with E-state index in [4.69, 9.17) is 33.0 Å². The topological polar surface area (TPSA) is 72.3 Å². The van der Waals surface area contributed by atoms with E-state index in [9.17, 15) is 4.79 Å². The summed E-state index contributed by atoms with van der Waals surface area (Å²) >= 11 is 12.8. The molecule has 130 valence electrons. The number of halogens is 3. The average Bonchev–Trinajstić information content (AvgIpc) is 2.54. The van der Waals surface area contributed by atoms with Crippen molar-refractivity contribution in [3.05, 3.63) is 51.9 Å². The van der Waals surface area contributed by atoms with E-state index in [0.29, 0.717) is 28.3 Å². The fraction of sp³-hybridized carbons (Fsp3) is 0.312. The van der Waals surface area contributed by atoms with E-state index in [1.165, 1.54) is 7.11 Å². The number of carbonyl (C=O) groups is 1. The third kappa shape index (κ3) is 4.29. The Morgan fingerprint density at radius 3 is 2.54 bits per heavy atom. The highest BCUT2D eigenvalue weighted by atomic mass is 35.5. The van der Waals surface area contributed by atoms with E-state index in [1.54, 1.807) is 12.1 Å². The number of ether oxygens (including phenoxy) is 1. The number of aryl methyl sites for hydroxylation is 1. The Bertz CT molecular complexity index is 726. The van der Waals surface area contributed by atoms with Crippen LogP contribution in [0.15, 0.2) is 24.3 Å². The van der Waals surface area contributed by atoms with Crippen LogP contribution in [0.4, 0.5) is 0 Å². The highest BCUT2D eigenvalue weighted by molar-refractivity contribution is 6.33. The molecule has 0 saturated heterocycles. The van der Waals surface area contributed by atoms with Crippen LogP contribution >= 0.6 is 35.6 Å². The van der Waals surface area contributed by atoms with Gasteiger partial charge in [0, 0.05) is 5.02 Å². The summed E-state index contributed by atoms with van der Waals surface area (Å²) in [6, 6.07) is 7.18. The minimum atomic E-state index is -1.21. The summed E-state index contributed by atoms with van der Waals surface area (Å²) in [5, 5.41) is 9.03. The van der Waals surface area contributed by atoms with Crippen LogP contribution < -0.4 is 4.74 Å². The lowest BCUT2D eigenvalue weighted by atomic mass is 10.0. The van der Waals surface area contributed by atoms with Crippen LogP contribution in [0.25, 0.3) is 0 Å². The van der Waals surface area contributed by atoms with Gasteiger partial charge in [-0.3, -0.25) is 0 Å². The standard InChI is InChI=1S/C16H16Cl2N2O3.ClH/c1-3-6-11-12(13(18)9-7-4-5-8-10(9)17)15(23-2)20-14(19-11)16(21)22;/h4-5,7-8,13H,3,6H2,1-2H3,(H,21,22);1H. The predicted molar refractivity (Wildman–Crippen MR) is 95.9 cm³/mol. The second-order valence-electron chi connectivity index (χ2n) is 4.86. The van der Waals surface area contributed by atoms with Gasteiger partial charge >= 0.3 is 5.97 Å². The van der Waals surface area contributed by atoms with Crippen molar-refractivity contribution >= 4 is 41.6 Å². The average molecular weight is 392 g/mol. The van der Waals surface area contributed by atoms with E-state index in [2.05, 4.69) is 9.97 Å². The molecule has 1 unspecified atom stereocenters. The smallest absolute Gasteiger partial charge is 0.374 e. The van der Waals surface area contributed by atoms with Gasteiger partial charge in [0.15, 0.2) is 0 Å². The summed E-state index contributed by atoms with van der Waals surface area (Å²) in [6.45, 7) is 1.97. The van der Waals surface area contributed by atoms with Gasteiger partial charge in [-0.05, 0) is 18.1 Å². The molecular weight excluding hydrogens is 375 g/mol. The summed E-state index contributed by atoms with van der Waals surface area (Å²) < 4.78 is 5.26. The third-order valence-electron chi connectivity index (χ3n) is 3.29. The molecule has 0 bridgehead atoms. The SMILES string of the molecule is CCCc1nc(C(=O)O)nc(OC)c1C(Cl)c1ccccc1Cl.Cl. The first kappa shape index (κ1) is 20.5. The minimum Gasteiger partial charge on any atom is -0.481 e. The fourth-order valence-electron chi connectivity index (χ4n) is 2.26. The lowest BCUT2D eigenvalue weighted by molar-refractivity contribution is 0.0681. The van der Waals surface area contributed by atoms with Gasteiger partial charge in [0.25, 0.3) is 0 Å². The second kappa shape index (κ2) is 9.06. The number of benzene rings is 1. The number of carboxylic acid groups (broad SMARTS) is 1. The molecule has 0 aliphatic heterocycles. The van der Waals surface area contributed by atoms with Gasteiger partial charge in [0.05, 0.1) is 23.7 Å². The number of carboxylic acids is 1. The molecule has 1 N–H and O–H groups in total. The maximum atomic E-state index is 11.2. The van der Waals surface area contributed by atoms with Crippen LogP contribution in [0.5, 0.6) is 5.88 Å². The number of alkyl halides is 1. The Morgan fingerprint density at radius 1 is 1.33 bits per heavy atom. The van der Waals surface area contributed by atoms with Gasteiger partial charge < -0.3 is 9.84 Å². The zero-order valence-electron chi connectivity index (χ0n) is 13.1. The Hall–Kier alpha value is -1.56. The first-order chi connectivity index (χ1) is 11.0. The predicted octanol–water partition coefficient (Wildman–Crippen LogP) is 4.54. The summed E-state index contributed by atoms with van der Waals surface area (Å²) in [4.78, 5) is 19.3. The Labute approximate surface area is 156 Å². The number of aromatic carboxylic acids is 1. The molecule has 0 amide bonds. The van der Waals surface area contributed by atoms with Crippen molar-refractivity contribution in [3.63, 3.8) is 0 Å². The maximum Gasteiger partial charge on any atom is 0.374 e. The van der Waals surface area contributed by atoms with E-state index in [-0.39, 0.29) is 24.1 Å². The first-order valence-electron chi connectivity index (χ1n) is 7.06. The van der Waals surface area contributed by atoms with Crippen LogP contribution in [0.2, 0.25) is 5.02 Å². The van der Waals surface area contributed by atoms with Gasteiger partial charge in [-0.1, -0.05) is 43.1 Å². The largest absolute Gasteiger partial charge is 0.481 e. The Morgan fingerprint density at radius 2 is 2.00 bits per heavy atom. The Balaban J connectivity index is 0.00000288. The molecule has 1 atom stereocenters. The maximum absolute atomic E-state index is 11.2. The molecule has 2 rings (SSSR count). The van der Waals surface area contributed by atoms with Crippen molar-refractivity contribution < 1.29 is 14.6 Å². The molecule has 1 heterocycles. The van der Waals surface area contributed by atoms with E-state index in [0.717, 1.165) is 6.42 Å². The molecular formula is C16H17Cl3N2O3.